The molecule has 0 radical (unpaired) electrons. The van der Waals surface area contributed by atoms with Crippen molar-refractivity contribution in [1.29, 1.82) is 0 Å². The lowest BCUT2D eigenvalue weighted by molar-refractivity contribution is 0.0714. The summed E-state index contributed by atoms with van der Waals surface area (Å²) in [6.07, 6.45) is 0.894. The average molecular weight is 700 g/mol. The zero-order valence-corrected chi connectivity index (χ0v) is 28.5. The number of piperazine rings is 1. The third-order valence-corrected chi connectivity index (χ3v) is 7.09. The van der Waals surface area contributed by atoms with Crippen LogP contribution in [0.1, 0.15) is 24.4 Å². The number of amides is 1. The molecule has 252 valence electrons. The lowest BCUT2D eigenvalue weighted by Gasteiger charge is -2.34. The van der Waals surface area contributed by atoms with E-state index in [0.29, 0.717) is 79.1 Å². The van der Waals surface area contributed by atoms with Gasteiger partial charge in [-0.15, -0.1) is 37.2 Å². The molecule has 1 aliphatic rings. The number of nitrogens with zero attached hydrogens (tertiary/aromatic N) is 4. The van der Waals surface area contributed by atoms with E-state index < -0.39 is 6.10 Å². The van der Waals surface area contributed by atoms with Crippen LogP contribution in [0.3, 0.4) is 0 Å². The van der Waals surface area contributed by atoms with Crippen LogP contribution in [0.2, 0.25) is 0 Å². The number of halogens is 3. The molecule has 1 atom stereocenters. The Balaban J connectivity index is 0.00000245. The third-order valence-electron chi connectivity index (χ3n) is 7.09. The number of carbonyl (C=O) groups is 1. The van der Waals surface area contributed by atoms with Crippen molar-refractivity contribution in [3.8, 4) is 17.2 Å². The van der Waals surface area contributed by atoms with Gasteiger partial charge in [-0.1, -0.05) is 13.8 Å². The molecular weight excluding hydrogens is 659 g/mol. The van der Waals surface area contributed by atoms with Gasteiger partial charge in [0, 0.05) is 55.9 Å². The van der Waals surface area contributed by atoms with Gasteiger partial charge in [0.2, 0.25) is 5.95 Å². The van der Waals surface area contributed by atoms with Crippen molar-refractivity contribution < 1.29 is 28.5 Å². The number of anilines is 3. The van der Waals surface area contributed by atoms with Crippen molar-refractivity contribution >= 4 is 71.5 Å². The molecule has 1 saturated heterocycles. The van der Waals surface area contributed by atoms with Crippen molar-refractivity contribution in [2.45, 2.75) is 26.0 Å². The van der Waals surface area contributed by atoms with Gasteiger partial charge in [0.05, 0.1) is 26.0 Å². The minimum Gasteiger partial charge on any atom is -0.493 e. The molecule has 1 fully saturated rings. The quantitative estimate of drug-likeness (QED) is 0.186. The Kier molecular flexibility index (Phi) is 15.0. The van der Waals surface area contributed by atoms with Crippen LogP contribution in [0.15, 0.2) is 59.2 Å². The minimum absolute atomic E-state index is 0. The number of aliphatic hydroxyl groups is 1. The number of aromatic nitrogens is 2. The maximum absolute atomic E-state index is 12.7. The van der Waals surface area contributed by atoms with E-state index in [1.54, 1.807) is 31.3 Å². The van der Waals surface area contributed by atoms with Gasteiger partial charge in [-0.25, -0.2) is 4.98 Å². The van der Waals surface area contributed by atoms with Gasteiger partial charge in [-0.05, 0) is 42.5 Å². The van der Waals surface area contributed by atoms with Crippen molar-refractivity contribution in [2.24, 2.45) is 0 Å². The summed E-state index contributed by atoms with van der Waals surface area (Å²) in [7, 11) is 3.17. The van der Waals surface area contributed by atoms with E-state index in [0.717, 1.165) is 11.1 Å². The Hall–Kier alpha value is -3.68. The van der Waals surface area contributed by atoms with Crippen LogP contribution < -0.4 is 29.7 Å². The molecule has 3 heterocycles. The zero-order valence-electron chi connectivity index (χ0n) is 26.1. The molecule has 12 nitrogen and oxygen atoms in total. The normalized spacial score (nSPS) is 13.3. The van der Waals surface area contributed by atoms with Gasteiger partial charge in [-0.2, -0.15) is 4.98 Å². The number of nitrogens with one attached hydrogen (secondary N) is 2. The Morgan fingerprint density at radius 1 is 0.978 bits per heavy atom. The van der Waals surface area contributed by atoms with Gasteiger partial charge in [0.15, 0.2) is 17.3 Å². The molecule has 0 bridgehead atoms. The smallest absolute Gasteiger partial charge is 0.289 e. The van der Waals surface area contributed by atoms with Gasteiger partial charge in [-0.3, -0.25) is 4.79 Å². The van der Waals surface area contributed by atoms with E-state index in [1.807, 2.05) is 50.2 Å². The van der Waals surface area contributed by atoms with E-state index in [9.17, 15) is 9.90 Å². The molecule has 0 aliphatic carbocycles. The molecule has 4 aromatic rings. The zero-order chi connectivity index (χ0) is 30.3. The predicted octanol–water partition coefficient (Wildman–Crippen LogP) is 4.95. The second-order valence-corrected chi connectivity index (χ2v) is 10.5. The van der Waals surface area contributed by atoms with Crippen LogP contribution in [0.5, 0.6) is 17.2 Å². The number of hydrogen-bond acceptors (Lipinski definition) is 11. The number of fused-ring (bicyclic) bond motifs is 1. The Morgan fingerprint density at radius 2 is 1.65 bits per heavy atom. The van der Waals surface area contributed by atoms with Gasteiger partial charge in [0.25, 0.3) is 5.91 Å². The maximum Gasteiger partial charge on any atom is 0.289 e. The number of furan rings is 1. The number of rotatable bonds is 12. The van der Waals surface area contributed by atoms with Crippen LogP contribution in [0, 0.1) is 0 Å². The summed E-state index contributed by atoms with van der Waals surface area (Å²) in [4.78, 5) is 26.3. The van der Waals surface area contributed by atoms with Crippen molar-refractivity contribution in [3.63, 3.8) is 0 Å². The Morgan fingerprint density at radius 3 is 2.26 bits per heavy atom. The molecule has 0 spiro atoms. The first kappa shape index (κ1) is 38.5. The van der Waals surface area contributed by atoms with Crippen LogP contribution in [-0.2, 0) is 0 Å². The SMILES string of the molecule is COc1cc2nc(N3CCN(C(=O)c4ccco4)CC3)nc(Nc3ccc(OCC(O)CNC(C)C)cc3)c2cc1OC.Cl.Cl.Cl. The number of methoxy groups -OCH3 is 2. The first-order valence-corrected chi connectivity index (χ1v) is 14.3. The minimum atomic E-state index is -0.608. The van der Waals surface area contributed by atoms with E-state index in [2.05, 4.69) is 15.5 Å². The molecule has 1 aliphatic heterocycles. The summed E-state index contributed by atoms with van der Waals surface area (Å²) in [5.74, 6) is 3.11. The van der Waals surface area contributed by atoms with Gasteiger partial charge in [0.1, 0.15) is 24.3 Å². The Bertz CT molecular complexity index is 1520. The fourth-order valence-electron chi connectivity index (χ4n) is 4.74. The molecule has 1 amide bonds. The summed E-state index contributed by atoms with van der Waals surface area (Å²) in [5.41, 5.74) is 1.48. The second-order valence-electron chi connectivity index (χ2n) is 10.5. The Labute approximate surface area is 287 Å². The van der Waals surface area contributed by atoms with Crippen LogP contribution >= 0.6 is 37.2 Å². The molecule has 3 N–H and O–H groups in total. The van der Waals surface area contributed by atoms with E-state index in [1.165, 1.54) is 6.26 Å². The topological polar surface area (TPSA) is 134 Å². The van der Waals surface area contributed by atoms with Crippen molar-refractivity contribution in [1.82, 2.24) is 20.2 Å². The fraction of sp³-hybridized carbons (Fsp3) is 0.387. The van der Waals surface area contributed by atoms with E-state index >= 15 is 0 Å². The summed E-state index contributed by atoms with van der Waals surface area (Å²) >= 11 is 0. The van der Waals surface area contributed by atoms with E-state index in [4.69, 9.17) is 28.6 Å². The van der Waals surface area contributed by atoms with Crippen molar-refractivity contribution in [2.75, 3.05) is 63.8 Å². The second kappa shape index (κ2) is 17.9. The number of benzene rings is 2. The highest BCUT2D eigenvalue weighted by atomic mass is 35.5. The van der Waals surface area contributed by atoms with Gasteiger partial charge < -0.3 is 44.2 Å². The molecular formula is C31H41Cl3N6O6. The highest BCUT2D eigenvalue weighted by molar-refractivity contribution is 5.94. The maximum atomic E-state index is 12.7. The fourth-order valence-corrected chi connectivity index (χ4v) is 4.74. The third kappa shape index (κ3) is 9.43. The average Bonchev–Trinajstić information content (AvgIpc) is 3.57. The molecule has 2 aromatic carbocycles. The number of aliphatic hydroxyl groups excluding tert-OH is 1. The van der Waals surface area contributed by atoms with Crippen LogP contribution in [-0.4, -0.2) is 91.6 Å². The molecule has 2 aromatic heterocycles. The molecule has 46 heavy (non-hydrogen) atoms. The molecule has 5 rings (SSSR count). The number of hydrogen-bond donors (Lipinski definition) is 3. The van der Waals surface area contributed by atoms with Crippen LogP contribution in [0.4, 0.5) is 17.5 Å². The monoisotopic (exact) mass is 698 g/mol. The predicted molar refractivity (Wildman–Crippen MR) is 186 cm³/mol. The van der Waals surface area contributed by atoms with Gasteiger partial charge >= 0.3 is 0 Å². The lowest BCUT2D eigenvalue weighted by Crippen LogP contribution is -2.49. The highest BCUT2D eigenvalue weighted by Gasteiger charge is 2.26. The summed E-state index contributed by atoms with van der Waals surface area (Å²) in [5, 5.41) is 17.5. The molecule has 0 saturated carbocycles. The first-order valence-electron chi connectivity index (χ1n) is 14.3. The summed E-state index contributed by atoms with van der Waals surface area (Å²) in [6.45, 7) is 6.87. The summed E-state index contributed by atoms with van der Waals surface area (Å²) in [6, 6.07) is 14.8. The summed E-state index contributed by atoms with van der Waals surface area (Å²) < 4.78 is 22.1. The number of ether oxygens (including phenoxy) is 3. The van der Waals surface area contributed by atoms with E-state index in [-0.39, 0.29) is 49.7 Å². The molecule has 1 unspecified atom stereocenters. The van der Waals surface area contributed by atoms with Crippen LogP contribution in [0.25, 0.3) is 10.9 Å². The lowest BCUT2D eigenvalue weighted by atomic mass is 10.2. The number of carbonyl (C=O) groups excluding carboxylic acids is 1. The largest absolute Gasteiger partial charge is 0.493 e. The highest BCUT2D eigenvalue weighted by Crippen LogP contribution is 2.36. The van der Waals surface area contributed by atoms with Crippen molar-refractivity contribution in [3.05, 3.63) is 60.6 Å². The standard InChI is InChI=1S/C31H38N6O6.3ClH/c1-20(2)32-18-22(38)19-43-23-9-7-21(8-10-23)33-29-24-16-27(40-3)28(41-4)17-25(24)34-31(35-29)37-13-11-36(12-14-37)30(39)26-6-5-15-42-26;;;/h5-10,15-17,20,22,32,38H,11-14,18-19H2,1-4H3,(H,33,34,35);3*1H. The molecule has 15 heteroatoms. The first-order chi connectivity index (χ1) is 20.8.